The lowest BCUT2D eigenvalue weighted by molar-refractivity contribution is 0.0971. The lowest BCUT2D eigenvalue weighted by Gasteiger charge is -2.13. The minimum atomic E-state index is -0.763. The number of hydrogen-bond donors (Lipinski definition) is 2. The molecule has 2 aromatic carbocycles. The van der Waals surface area contributed by atoms with Crippen molar-refractivity contribution >= 4 is 28.4 Å². The molecule has 7 nitrogen and oxygen atoms in total. The zero-order chi connectivity index (χ0) is 20.5. The molecule has 0 aliphatic heterocycles. The molecule has 29 heavy (non-hydrogen) atoms. The van der Waals surface area contributed by atoms with Crippen molar-refractivity contribution in [1.29, 1.82) is 0 Å². The average molecular weight is 385 g/mol. The van der Waals surface area contributed by atoms with Crippen molar-refractivity contribution in [2.75, 3.05) is 5.32 Å². The molecule has 0 fully saturated rings. The van der Waals surface area contributed by atoms with E-state index >= 15 is 0 Å². The van der Waals surface area contributed by atoms with Crippen LogP contribution < -0.4 is 11.1 Å². The zero-order valence-electron chi connectivity index (χ0n) is 16.0. The number of benzene rings is 2. The standard InChI is InChI=1S/C22H19N5O2/c1-13-5-8-18(14(2)10-13)27-12-25-19(21(23)28)20(27)22(29)26-16-6-7-17-15(11-16)4-3-9-24-17/h3-12H,1-2H3,(H2,23,28)(H,26,29). The quantitative estimate of drug-likeness (QED) is 0.562. The van der Waals surface area contributed by atoms with E-state index in [-0.39, 0.29) is 11.4 Å². The predicted molar refractivity (Wildman–Crippen MR) is 111 cm³/mol. The van der Waals surface area contributed by atoms with E-state index in [1.807, 2.05) is 56.3 Å². The summed E-state index contributed by atoms with van der Waals surface area (Å²) in [5, 5.41) is 3.73. The SMILES string of the molecule is Cc1ccc(-n2cnc(C(N)=O)c2C(=O)Nc2ccc3ncccc3c2)c(C)c1. The van der Waals surface area contributed by atoms with Crippen LogP contribution in [0.2, 0.25) is 0 Å². The van der Waals surface area contributed by atoms with Gasteiger partial charge in [0.05, 0.1) is 11.2 Å². The first kappa shape index (κ1) is 18.4. The Morgan fingerprint density at radius 3 is 2.62 bits per heavy atom. The van der Waals surface area contributed by atoms with E-state index in [4.69, 9.17) is 5.73 Å². The Morgan fingerprint density at radius 2 is 1.86 bits per heavy atom. The maximum absolute atomic E-state index is 13.1. The molecule has 0 atom stereocenters. The Bertz CT molecular complexity index is 1260. The normalized spacial score (nSPS) is 10.8. The van der Waals surface area contributed by atoms with Gasteiger partial charge in [0.25, 0.3) is 11.8 Å². The molecule has 0 radical (unpaired) electrons. The Labute approximate surface area is 167 Å². The molecule has 7 heteroatoms. The minimum Gasteiger partial charge on any atom is -0.364 e. The highest BCUT2D eigenvalue weighted by molar-refractivity contribution is 6.10. The first-order valence-corrected chi connectivity index (χ1v) is 9.05. The minimum absolute atomic E-state index is 0.0788. The Hall–Kier alpha value is -4.00. The molecule has 144 valence electrons. The topological polar surface area (TPSA) is 103 Å². The summed E-state index contributed by atoms with van der Waals surface area (Å²) < 4.78 is 1.59. The maximum Gasteiger partial charge on any atom is 0.275 e. The van der Waals surface area contributed by atoms with Crippen molar-refractivity contribution < 1.29 is 9.59 Å². The van der Waals surface area contributed by atoms with Gasteiger partial charge >= 0.3 is 0 Å². The summed E-state index contributed by atoms with van der Waals surface area (Å²) in [6, 6.07) is 15.0. The van der Waals surface area contributed by atoms with E-state index < -0.39 is 11.8 Å². The number of imidazole rings is 1. The number of carbonyl (C=O) groups excluding carboxylic acids is 2. The molecule has 2 amide bonds. The number of pyridine rings is 1. The molecular weight excluding hydrogens is 366 g/mol. The third-order valence-electron chi connectivity index (χ3n) is 4.69. The van der Waals surface area contributed by atoms with Gasteiger partial charge in [-0.05, 0) is 49.7 Å². The smallest absolute Gasteiger partial charge is 0.275 e. The second kappa shape index (κ2) is 7.20. The van der Waals surface area contributed by atoms with Gasteiger partial charge in [0.15, 0.2) is 5.69 Å². The van der Waals surface area contributed by atoms with E-state index in [9.17, 15) is 9.59 Å². The summed E-state index contributed by atoms with van der Waals surface area (Å²) in [7, 11) is 0. The first-order valence-electron chi connectivity index (χ1n) is 9.05. The van der Waals surface area contributed by atoms with Crippen molar-refractivity contribution in [3.05, 3.63) is 83.6 Å². The van der Waals surface area contributed by atoms with Crippen LogP contribution in [0.3, 0.4) is 0 Å². The molecule has 0 aliphatic rings. The Balaban J connectivity index is 1.76. The van der Waals surface area contributed by atoms with Crippen LogP contribution in [0.15, 0.2) is 61.1 Å². The van der Waals surface area contributed by atoms with E-state index in [1.165, 1.54) is 6.33 Å². The number of amides is 2. The number of hydrogen-bond acceptors (Lipinski definition) is 4. The van der Waals surface area contributed by atoms with Gasteiger partial charge in [-0.3, -0.25) is 19.1 Å². The highest BCUT2D eigenvalue weighted by Gasteiger charge is 2.24. The number of aryl methyl sites for hydroxylation is 2. The number of anilines is 1. The number of nitrogens with two attached hydrogens (primary N) is 1. The number of aromatic nitrogens is 3. The molecular formula is C22H19N5O2. The van der Waals surface area contributed by atoms with Crippen molar-refractivity contribution in [2.45, 2.75) is 13.8 Å². The van der Waals surface area contributed by atoms with Crippen molar-refractivity contribution in [1.82, 2.24) is 14.5 Å². The molecule has 0 aliphatic carbocycles. The highest BCUT2D eigenvalue weighted by atomic mass is 16.2. The Kier molecular flexibility index (Phi) is 4.56. The number of nitrogens with zero attached hydrogens (tertiary/aromatic N) is 3. The van der Waals surface area contributed by atoms with Gasteiger partial charge in [-0.1, -0.05) is 23.8 Å². The lowest BCUT2D eigenvalue weighted by Crippen LogP contribution is -2.23. The van der Waals surface area contributed by atoms with E-state index in [0.29, 0.717) is 5.69 Å². The molecule has 4 aromatic rings. The summed E-state index contributed by atoms with van der Waals surface area (Å²) in [6.07, 6.45) is 3.15. The molecule has 2 heterocycles. The fourth-order valence-electron chi connectivity index (χ4n) is 3.35. The van der Waals surface area contributed by atoms with Crippen LogP contribution in [0.1, 0.15) is 32.1 Å². The number of primary amides is 1. The first-order chi connectivity index (χ1) is 13.9. The maximum atomic E-state index is 13.1. The number of fused-ring (bicyclic) bond motifs is 1. The van der Waals surface area contributed by atoms with Crippen LogP contribution in [0.25, 0.3) is 16.6 Å². The summed E-state index contributed by atoms with van der Waals surface area (Å²) in [6.45, 7) is 3.92. The van der Waals surface area contributed by atoms with Crippen LogP contribution in [0, 0.1) is 13.8 Å². The van der Waals surface area contributed by atoms with Crippen molar-refractivity contribution in [3.63, 3.8) is 0 Å². The molecule has 2 aromatic heterocycles. The number of rotatable bonds is 4. The summed E-state index contributed by atoms with van der Waals surface area (Å²) >= 11 is 0. The number of carbonyl (C=O) groups is 2. The van der Waals surface area contributed by atoms with E-state index in [2.05, 4.69) is 15.3 Å². The zero-order valence-corrected chi connectivity index (χ0v) is 16.0. The molecule has 3 N–H and O–H groups in total. The average Bonchev–Trinajstić information content (AvgIpc) is 3.13. The summed E-state index contributed by atoms with van der Waals surface area (Å²) in [4.78, 5) is 33.4. The highest BCUT2D eigenvalue weighted by Crippen LogP contribution is 2.22. The van der Waals surface area contributed by atoms with Gasteiger partial charge in [0, 0.05) is 17.3 Å². The van der Waals surface area contributed by atoms with Gasteiger partial charge in [-0.2, -0.15) is 0 Å². The van der Waals surface area contributed by atoms with Crippen LogP contribution >= 0.6 is 0 Å². The third kappa shape index (κ3) is 3.45. The van der Waals surface area contributed by atoms with Crippen LogP contribution in [0.4, 0.5) is 5.69 Å². The fourth-order valence-corrected chi connectivity index (χ4v) is 3.35. The molecule has 0 unspecified atom stereocenters. The Morgan fingerprint density at radius 1 is 1.03 bits per heavy atom. The molecule has 4 rings (SSSR count). The lowest BCUT2D eigenvalue weighted by atomic mass is 10.1. The van der Waals surface area contributed by atoms with Gasteiger partial charge in [0.2, 0.25) is 0 Å². The fraction of sp³-hybridized carbons (Fsp3) is 0.0909. The summed E-state index contributed by atoms with van der Waals surface area (Å²) in [5.41, 5.74) is 9.69. The van der Waals surface area contributed by atoms with Crippen molar-refractivity contribution in [3.8, 4) is 5.69 Å². The van der Waals surface area contributed by atoms with Crippen molar-refractivity contribution in [2.24, 2.45) is 5.73 Å². The van der Waals surface area contributed by atoms with E-state index in [1.54, 1.807) is 16.8 Å². The monoisotopic (exact) mass is 385 g/mol. The largest absolute Gasteiger partial charge is 0.364 e. The van der Waals surface area contributed by atoms with Crippen LogP contribution in [-0.4, -0.2) is 26.3 Å². The van der Waals surface area contributed by atoms with Gasteiger partial charge in [-0.25, -0.2) is 4.98 Å². The van der Waals surface area contributed by atoms with Gasteiger partial charge < -0.3 is 11.1 Å². The molecule has 0 spiro atoms. The second-order valence-corrected chi connectivity index (χ2v) is 6.83. The second-order valence-electron chi connectivity index (χ2n) is 6.83. The number of nitrogens with one attached hydrogen (secondary N) is 1. The predicted octanol–water partition coefficient (Wildman–Crippen LogP) is 3.39. The molecule has 0 bridgehead atoms. The summed E-state index contributed by atoms with van der Waals surface area (Å²) in [5.74, 6) is -1.24. The van der Waals surface area contributed by atoms with Crippen LogP contribution in [-0.2, 0) is 0 Å². The van der Waals surface area contributed by atoms with Gasteiger partial charge in [0.1, 0.15) is 12.0 Å². The third-order valence-corrected chi connectivity index (χ3v) is 4.69. The van der Waals surface area contributed by atoms with Crippen LogP contribution in [0.5, 0.6) is 0 Å². The van der Waals surface area contributed by atoms with E-state index in [0.717, 1.165) is 27.7 Å². The molecule has 0 saturated carbocycles. The molecule has 0 saturated heterocycles. The van der Waals surface area contributed by atoms with Gasteiger partial charge in [-0.15, -0.1) is 0 Å².